The molecule has 0 bridgehead atoms. The summed E-state index contributed by atoms with van der Waals surface area (Å²) in [6, 6.07) is 23.7. The number of hydrogen-bond donors (Lipinski definition) is 0. The Balaban J connectivity index is 0.000000526. The summed E-state index contributed by atoms with van der Waals surface area (Å²) < 4.78 is 16.4. The number of rotatable bonds is 9. The summed E-state index contributed by atoms with van der Waals surface area (Å²) in [5.74, 6) is 1.29. The average molecular weight is 505 g/mol. The molecule has 0 atom stereocenters. The van der Waals surface area contributed by atoms with Crippen molar-refractivity contribution in [2.45, 2.75) is 26.5 Å². The van der Waals surface area contributed by atoms with Gasteiger partial charge in [0.15, 0.2) is 11.5 Å². The number of aryl methyl sites for hydroxylation is 1. The first kappa shape index (κ1) is 26.8. The number of benzene rings is 2. The van der Waals surface area contributed by atoms with Crippen molar-refractivity contribution in [2.24, 2.45) is 0 Å². The molecule has 0 N–H and O–H groups in total. The molecule has 36 heavy (non-hydrogen) atoms. The molecule has 0 aliphatic heterocycles. The highest BCUT2D eigenvalue weighted by molar-refractivity contribution is 7.09. The van der Waals surface area contributed by atoms with Gasteiger partial charge in [0.05, 0.1) is 14.2 Å². The van der Waals surface area contributed by atoms with Crippen LogP contribution < -0.4 is 9.47 Å². The van der Waals surface area contributed by atoms with E-state index in [1.165, 1.54) is 12.0 Å². The third-order valence-electron chi connectivity index (χ3n) is 5.35. The van der Waals surface area contributed by atoms with Crippen LogP contribution in [0.1, 0.15) is 21.6 Å². The van der Waals surface area contributed by atoms with Crippen LogP contribution in [0.4, 0.5) is 4.79 Å². The highest BCUT2D eigenvalue weighted by Crippen LogP contribution is 2.29. The van der Waals surface area contributed by atoms with E-state index >= 15 is 0 Å². The van der Waals surface area contributed by atoms with Crippen LogP contribution in [0.25, 0.3) is 0 Å². The predicted molar refractivity (Wildman–Crippen MR) is 144 cm³/mol. The van der Waals surface area contributed by atoms with E-state index in [2.05, 4.69) is 29.4 Å². The second-order valence-corrected chi connectivity index (χ2v) is 9.13. The standard InChI is InChI=1S/C24H26N2O4.C5H6S/c1-28-23-16-21(8-9-22(23)30-18-20-6-4-3-5-7-20)17-26(24(27)29-2)15-12-19-10-13-25-14-11-19;1-5-3-2-4-6-5/h3-11,13-14,16H,12,15,17-18H2,1-2H3;2-4H,1H3. The van der Waals surface area contributed by atoms with E-state index in [0.717, 1.165) is 16.7 Å². The van der Waals surface area contributed by atoms with E-state index < -0.39 is 0 Å². The number of hydrogen-bond acceptors (Lipinski definition) is 6. The summed E-state index contributed by atoms with van der Waals surface area (Å²) in [5, 5.41) is 2.08. The number of carbonyl (C=O) groups is 1. The Kier molecular flexibility index (Phi) is 10.8. The number of amides is 1. The van der Waals surface area contributed by atoms with Crippen LogP contribution in [0.2, 0.25) is 0 Å². The van der Waals surface area contributed by atoms with Gasteiger partial charge in [-0.3, -0.25) is 4.98 Å². The Morgan fingerprint density at radius 1 is 0.889 bits per heavy atom. The lowest BCUT2D eigenvalue weighted by Gasteiger charge is -2.22. The number of aromatic nitrogens is 1. The third-order valence-corrected chi connectivity index (χ3v) is 6.16. The minimum atomic E-state index is -0.368. The molecule has 0 spiro atoms. The maximum atomic E-state index is 12.3. The van der Waals surface area contributed by atoms with E-state index in [9.17, 15) is 4.79 Å². The fourth-order valence-corrected chi connectivity index (χ4v) is 3.95. The van der Waals surface area contributed by atoms with Crippen LogP contribution in [0.3, 0.4) is 0 Å². The summed E-state index contributed by atoms with van der Waals surface area (Å²) in [4.78, 5) is 19.3. The molecule has 4 rings (SSSR count). The molecule has 6 nitrogen and oxygen atoms in total. The van der Waals surface area contributed by atoms with Gasteiger partial charge in [0.2, 0.25) is 0 Å². The van der Waals surface area contributed by atoms with Gasteiger partial charge < -0.3 is 19.1 Å². The molecule has 0 aliphatic rings. The maximum Gasteiger partial charge on any atom is 0.409 e. The molecule has 1 amide bonds. The molecule has 0 aliphatic carbocycles. The van der Waals surface area contributed by atoms with Crippen molar-refractivity contribution in [3.63, 3.8) is 0 Å². The molecule has 0 unspecified atom stereocenters. The van der Waals surface area contributed by atoms with Crippen molar-refractivity contribution >= 4 is 17.4 Å². The number of thiophene rings is 1. The molecule has 0 fully saturated rings. The first-order valence-electron chi connectivity index (χ1n) is 11.6. The van der Waals surface area contributed by atoms with Crippen LogP contribution in [-0.2, 0) is 24.3 Å². The van der Waals surface area contributed by atoms with Crippen molar-refractivity contribution in [3.8, 4) is 11.5 Å². The molecule has 0 saturated carbocycles. The van der Waals surface area contributed by atoms with E-state index in [1.807, 2.05) is 60.7 Å². The Morgan fingerprint density at radius 3 is 2.28 bits per heavy atom. The average Bonchev–Trinajstić information content (AvgIpc) is 3.42. The molecular weight excluding hydrogens is 472 g/mol. The van der Waals surface area contributed by atoms with Crippen LogP contribution in [0.5, 0.6) is 11.5 Å². The quantitative estimate of drug-likeness (QED) is 0.259. The van der Waals surface area contributed by atoms with Gasteiger partial charge in [-0.15, -0.1) is 11.3 Å². The maximum absolute atomic E-state index is 12.3. The van der Waals surface area contributed by atoms with Gasteiger partial charge in [-0.25, -0.2) is 4.79 Å². The lowest BCUT2D eigenvalue weighted by Crippen LogP contribution is -2.32. The second-order valence-electron chi connectivity index (χ2n) is 7.98. The van der Waals surface area contributed by atoms with Gasteiger partial charge >= 0.3 is 6.09 Å². The van der Waals surface area contributed by atoms with Gasteiger partial charge in [0.25, 0.3) is 0 Å². The van der Waals surface area contributed by atoms with Crippen LogP contribution >= 0.6 is 11.3 Å². The molecule has 0 radical (unpaired) electrons. The molecule has 188 valence electrons. The molecule has 2 aromatic heterocycles. The molecular formula is C29H32N2O4S. The predicted octanol–water partition coefficient (Wildman–Crippen LogP) is 6.54. The highest BCUT2D eigenvalue weighted by Gasteiger charge is 2.16. The zero-order valence-electron chi connectivity index (χ0n) is 20.9. The molecule has 4 aromatic rings. The van der Waals surface area contributed by atoms with Crippen molar-refractivity contribution in [3.05, 3.63) is 112 Å². The molecule has 0 saturated heterocycles. The fourth-order valence-electron chi connectivity index (χ4n) is 3.42. The first-order chi connectivity index (χ1) is 17.6. The molecule has 2 heterocycles. The topological polar surface area (TPSA) is 60.9 Å². The first-order valence-corrected chi connectivity index (χ1v) is 12.5. The highest BCUT2D eigenvalue weighted by atomic mass is 32.1. The normalized spacial score (nSPS) is 10.1. The van der Waals surface area contributed by atoms with Crippen molar-refractivity contribution in [2.75, 3.05) is 20.8 Å². The number of ether oxygens (including phenoxy) is 3. The summed E-state index contributed by atoms with van der Waals surface area (Å²) in [5.41, 5.74) is 3.12. The van der Waals surface area contributed by atoms with Gasteiger partial charge in [-0.05, 0) is 65.7 Å². The summed E-state index contributed by atoms with van der Waals surface area (Å²) in [7, 11) is 3.00. The number of methoxy groups -OCH3 is 2. The SMILES string of the molecule is COC(=O)N(CCc1ccncc1)Cc1ccc(OCc2ccccc2)c(OC)c1.Cc1cccs1. The Labute approximate surface area is 217 Å². The Hall–Kier alpha value is -3.84. The van der Waals surface area contributed by atoms with Crippen LogP contribution in [-0.4, -0.2) is 36.7 Å². The number of carbonyl (C=O) groups excluding carboxylic acids is 1. The lowest BCUT2D eigenvalue weighted by molar-refractivity contribution is 0.121. The van der Waals surface area contributed by atoms with Gasteiger partial charge in [0, 0.05) is 30.4 Å². The third kappa shape index (κ3) is 8.74. The number of nitrogens with zero attached hydrogens (tertiary/aromatic N) is 2. The zero-order valence-corrected chi connectivity index (χ0v) is 21.7. The summed E-state index contributed by atoms with van der Waals surface area (Å²) in [6.45, 7) is 3.50. The smallest absolute Gasteiger partial charge is 0.409 e. The lowest BCUT2D eigenvalue weighted by atomic mass is 10.1. The van der Waals surface area contributed by atoms with E-state index in [-0.39, 0.29) is 6.09 Å². The van der Waals surface area contributed by atoms with Crippen LogP contribution in [0.15, 0.2) is 90.6 Å². The summed E-state index contributed by atoms with van der Waals surface area (Å²) >= 11 is 1.78. The Bertz CT molecular complexity index is 1170. The fraction of sp³-hybridized carbons (Fsp3) is 0.241. The minimum Gasteiger partial charge on any atom is -0.493 e. The van der Waals surface area contributed by atoms with Crippen molar-refractivity contribution in [1.29, 1.82) is 0 Å². The van der Waals surface area contributed by atoms with Crippen LogP contribution in [0, 0.1) is 6.92 Å². The van der Waals surface area contributed by atoms with Crippen molar-refractivity contribution < 1.29 is 19.0 Å². The van der Waals surface area contributed by atoms with Crippen molar-refractivity contribution in [1.82, 2.24) is 9.88 Å². The molecule has 7 heteroatoms. The monoisotopic (exact) mass is 504 g/mol. The van der Waals surface area contributed by atoms with E-state index in [1.54, 1.807) is 35.7 Å². The largest absolute Gasteiger partial charge is 0.493 e. The van der Waals surface area contributed by atoms with Gasteiger partial charge in [-0.2, -0.15) is 0 Å². The van der Waals surface area contributed by atoms with E-state index in [4.69, 9.17) is 14.2 Å². The van der Waals surface area contributed by atoms with E-state index in [0.29, 0.717) is 37.6 Å². The summed E-state index contributed by atoms with van der Waals surface area (Å²) in [6.07, 6.45) is 3.84. The second kappa shape index (κ2) is 14.5. The number of pyridine rings is 1. The Morgan fingerprint density at radius 2 is 1.67 bits per heavy atom. The van der Waals surface area contributed by atoms with Gasteiger partial charge in [-0.1, -0.05) is 42.5 Å². The molecule has 2 aromatic carbocycles. The minimum absolute atomic E-state index is 0.368. The van der Waals surface area contributed by atoms with Gasteiger partial charge in [0.1, 0.15) is 6.61 Å². The zero-order chi connectivity index (χ0) is 25.6.